The highest BCUT2D eigenvalue weighted by Gasteiger charge is 2.20. The van der Waals surface area contributed by atoms with Crippen LogP contribution in [0.2, 0.25) is 0 Å². The summed E-state index contributed by atoms with van der Waals surface area (Å²) in [5, 5.41) is 14.1. The van der Waals surface area contributed by atoms with Crippen molar-refractivity contribution in [3.05, 3.63) is 28.0 Å². The first-order valence-corrected chi connectivity index (χ1v) is 10.5. The third-order valence-electron chi connectivity index (χ3n) is 5.29. The van der Waals surface area contributed by atoms with Crippen LogP contribution in [0, 0.1) is 5.92 Å². The van der Waals surface area contributed by atoms with Gasteiger partial charge in [-0.25, -0.2) is 15.0 Å². The van der Waals surface area contributed by atoms with Gasteiger partial charge < -0.3 is 15.3 Å². The molecule has 7 heteroatoms. The first-order valence-electron chi connectivity index (χ1n) is 9.71. The minimum atomic E-state index is 0.254. The number of aliphatic hydroxyl groups is 1. The molecule has 1 unspecified atom stereocenters. The smallest absolute Gasteiger partial charge is 0.134 e. The van der Waals surface area contributed by atoms with Crippen molar-refractivity contribution < 1.29 is 5.11 Å². The van der Waals surface area contributed by atoms with Crippen LogP contribution in [0.15, 0.2) is 12.4 Å². The lowest BCUT2D eigenvalue weighted by molar-refractivity contribution is 0.208. The van der Waals surface area contributed by atoms with Crippen molar-refractivity contribution in [2.45, 2.75) is 44.9 Å². The highest BCUT2D eigenvalue weighted by atomic mass is 32.1. The van der Waals surface area contributed by atoms with Crippen LogP contribution in [-0.4, -0.2) is 46.3 Å². The van der Waals surface area contributed by atoms with E-state index in [1.165, 1.54) is 34.8 Å². The van der Waals surface area contributed by atoms with Gasteiger partial charge in [-0.05, 0) is 44.4 Å². The Labute approximate surface area is 158 Å². The molecule has 3 heterocycles. The lowest BCUT2D eigenvalue weighted by Gasteiger charge is -2.32. The van der Waals surface area contributed by atoms with Crippen LogP contribution in [0.3, 0.4) is 0 Å². The Morgan fingerprint density at radius 2 is 2.15 bits per heavy atom. The lowest BCUT2D eigenvalue weighted by atomic mass is 9.99. The summed E-state index contributed by atoms with van der Waals surface area (Å²) in [4.78, 5) is 17.3. The Bertz CT molecular complexity index is 711. The zero-order chi connectivity index (χ0) is 17.8. The fourth-order valence-electron chi connectivity index (χ4n) is 3.85. The van der Waals surface area contributed by atoms with Crippen molar-refractivity contribution >= 4 is 23.0 Å². The molecular formula is C19H27N5OS. The monoisotopic (exact) mass is 373 g/mol. The SMILES string of the molecule is OCC1CCCN(c2cc(NCCc3nc4c(s3)CCCC4)ncn2)C1. The standard InChI is InChI=1S/C19H27N5OS/c25-12-14-4-3-9-24(11-14)18-10-17(21-13-22-18)20-8-7-19-23-15-5-1-2-6-16(15)26-19/h10,13-14,25H,1-9,11-12H2,(H,20,21,22). The second kappa shape index (κ2) is 8.31. The van der Waals surface area contributed by atoms with E-state index in [9.17, 15) is 5.11 Å². The molecule has 2 aromatic heterocycles. The van der Waals surface area contributed by atoms with Gasteiger partial charge in [0.05, 0.1) is 10.7 Å². The van der Waals surface area contributed by atoms with Crippen molar-refractivity contribution in [1.82, 2.24) is 15.0 Å². The minimum absolute atomic E-state index is 0.254. The van der Waals surface area contributed by atoms with Crippen LogP contribution in [0.4, 0.5) is 11.6 Å². The Morgan fingerprint density at radius 3 is 3.04 bits per heavy atom. The Hall–Kier alpha value is -1.73. The summed E-state index contributed by atoms with van der Waals surface area (Å²) < 4.78 is 0. The van der Waals surface area contributed by atoms with Crippen molar-refractivity contribution in [2.75, 3.05) is 36.5 Å². The Balaban J connectivity index is 1.33. The van der Waals surface area contributed by atoms with Gasteiger partial charge in [-0.2, -0.15) is 0 Å². The number of rotatable bonds is 6. The van der Waals surface area contributed by atoms with Crippen LogP contribution in [0.25, 0.3) is 0 Å². The molecule has 0 saturated carbocycles. The van der Waals surface area contributed by atoms with Crippen LogP contribution < -0.4 is 10.2 Å². The van der Waals surface area contributed by atoms with E-state index in [1.54, 1.807) is 6.33 Å². The Morgan fingerprint density at radius 1 is 1.23 bits per heavy atom. The predicted molar refractivity (Wildman–Crippen MR) is 105 cm³/mol. The number of piperidine rings is 1. The van der Waals surface area contributed by atoms with Gasteiger partial charge in [-0.3, -0.25) is 0 Å². The van der Waals surface area contributed by atoms with Crippen LogP contribution in [0.1, 0.15) is 41.3 Å². The van der Waals surface area contributed by atoms with Gasteiger partial charge in [-0.15, -0.1) is 11.3 Å². The maximum atomic E-state index is 9.42. The van der Waals surface area contributed by atoms with Crippen molar-refractivity contribution in [3.8, 4) is 0 Å². The molecule has 2 aliphatic rings. The molecule has 6 nitrogen and oxygen atoms in total. The molecule has 2 aromatic rings. The molecule has 1 atom stereocenters. The number of anilines is 2. The van der Waals surface area contributed by atoms with Gasteiger partial charge in [0.15, 0.2) is 0 Å². The summed E-state index contributed by atoms with van der Waals surface area (Å²) >= 11 is 1.88. The van der Waals surface area contributed by atoms with E-state index in [0.717, 1.165) is 57.0 Å². The summed E-state index contributed by atoms with van der Waals surface area (Å²) in [6.07, 6.45) is 9.72. The summed E-state index contributed by atoms with van der Waals surface area (Å²) in [5.74, 6) is 2.17. The number of hydrogen-bond donors (Lipinski definition) is 2. The first-order chi connectivity index (χ1) is 12.8. The number of fused-ring (bicyclic) bond motifs is 1. The average molecular weight is 374 g/mol. The minimum Gasteiger partial charge on any atom is -0.396 e. The number of hydrogen-bond acceptors (Lipinski definition) is 7. The molecule has 140 valence electrons. The topological polar surface area (TPSA) is 74.2 Å². The van der Waals surface area contributed by atoms with Crippen molar-refractivity contribution in [3.63, 3.8) is 0 Å². The van der Waals surface area contributed by atoms with Crippen LogP contribution in [-0.2, 0) is 19.3 Å². The van der Waals surface area contributed by atoms with E-state index >= 15 is 0 Å². The lowest BCUT2D eigenvalue weighted by Crippen LogP contribution is -2.37. The van der Waals surface area contributed by atoms with Gasteiger partial charge in [-0.1, -0.05) is 0 Å². The third kappa shape index (κ3) is 4.15. The molecule has 1 aliphatic carbocycles. The summed E-state index contributed by atoms with van der Waals surface area (Å²) in [6, 6.07) is 2.02. The van der Waals surface area contributed by atoms with E-state index in [2.05, 4.69) is 20.2 Å². The zero-order valence-electron chi connectivity index (χ0n) is 15.2. The largest absolute Gasteiger partial charge is 0.396 e. The molecule has 1 fully saturated rings. The number of thiazole rings is 1. The highest BCUT2D eigenvalue weighted by molar-refractivity contribution is 7.11. The number of aliphatic hydroxyl groups excluding tert-OH is 1. The normalized spacial score (nSPS) is 20.0. The number of nitrogens with one attached hydrogen (secondary N) is 1. The maximum Gasteiger partial charge on any atom is 0.134 e. The molecule has 0 radical (unpaired) electrons. The van der Waals surface area contributed by atoms with Gasteiger partial charge >= 0.3 is 0 Å². The molecule has 1 aliphatic heterocycles. The van der Waals surface area contributed by atoms with Gasteiger partial charge in [0, 0.05) is 43.6 Å². The summed E-state index contributed by atoms with van der Waals surface area (Å²) in [7, 11) is 0. The molecule has 0 spiro atoms. The maximum absolute atomic E-state index is 9.42. The molecule has 26 heavy (non-hydrogen) atoms. The second-order valence-corrected chi connectivity index (χ2v) is 8.43. The number of aromatic nitrogens is 3. The zero-order valence-corrected chi connectivity index (χ0v) is 16.0. The Kier molecular flexibility index (Phi) is 5.65. The molecule has 4 rings (SSSR count). The van der Waals surface area contributed by atoms with E-state index in [4.69, 9.17) is 4.98 Å². The fraction of sp³-hybridized carbons (Fsp3) is 0.632. The second-order valence-electron chi connectivity index (χ2n) is 7.26. The van der Waals surface area contributed by atoms with Crippen molar-refractivity contribution in [2.24, 2.45) is 5.92 Å². The molecule has 0 bridgehead atoms. The molecule has 0 aromatic carbocycles. The highest BCUT2D eigenvalue weighted by Crippen LogP contribution is 2.27. The number of aryl methyl sites for hydroxylation is 2. The van der Waals surface area contributed by atoms with Gasteiger partial charge in [0.1, 0.15) is 18.0 Å². The van der Waals surface area contributed by atoms with E-state index in [0.29, 0.717) is 5.92 Å². The quantitative estimate of drug-likeness (QED) is 0.811. The molecular weight excluding hydrogens is 346 g/mol. The van der Waals surface area contributed by atoms with Crippen LogP contribution in [0.5, 0.6) is 0 Å². The molecule has 1 saturated heterocycles. The summed E-state index contributed by atoms with van der Waals surface area (Å²) in [5.41, 5.74) is 1.34. The summed E-state index contributed by atoms with van der Waals surface area (Å²) in [6.45, 7) is 2.96. The average Bonchev–Trinajstić information content (AvgIpc) is 3.11. The van der Waals surface area contributed by atoms with E-state index < -0.39 is 0 Å². The van der Waals surface area contributed by atoms with Gasteiger partial charge in [0.25, 0.3) is 0 Å². The predicted octanol–water partition coefficient (Wildman–Crippen LogP) is 2.68. The molecule has 0 amide bonds. The fourth-order valence-corrected chi connectivity index (χ4v) is 5.01. The van der Waals surface area contributed by atoms with Crippen LogP contribution >= 0.6 is 11.3 Å². The van der Waals surface area contributed by atoms with Crippen molar-refractivity contribution in [1.29, 1.82) is 0 Å². The third-order valence-corrected chi connectivity index (χ3v) is 6.51. The van der Waals surface area contributed by atoms with E-state index in [-0.39, 0.29) is 6.61 Å². The number of nitrogens with zero attached hydrogens (tertiary/aromatic N) is 4. The first kappa shape index (κ1) is 17.7. The molecule has 2 N–H and O–H groups in total. The van der Waals surface area contributed by atoms with E-state index in [1.807, 2.05) is 17.4 Å². The van der Waals surface area contributed by atoms with Gasteiger partial charge in [0.2, 0.25) is 0 Å².